The van der Waals surface area contributed by atoms with E-state index in [0.717, 1.165) is 34.9 Å². The van der Waals surface area contributed by atoms with Gasteiger partial charge in [0.05, 0.1) is 28.6 Å². The molecule has 18 heavy (non-hydrogen) atoms. The maximum Gasteiger partial charge on any atom is 0.0866 e. The van der Waals surface area contributed by atoms with Gasteiger partial charge in [0.2, 0.25) is 0 Å². The van der Waals surface area contributed by atoms with Crippen LogP contribution < -0.4 is 0 Å². The number of aromatic nitrogens is 4. The largest absolute Gasteiger partial charge is 0.269 e. The van der Waals surface area contributed by atoms with Crippen LogP contribution in [0.4, 0.5) is 0 Å². The predicted molar refractivity (Wildman–Crippen MR) is 73.0 cm³/mol. The van der Waals surface area contributed by atoms with Gasteiger partial charge in [-0.25, -0.2) is 0 Å². The van der Waals surface area contributed by atoms with E-state index in [4.69, 9.17) is 11.6 Å². The molecule has 5 heteroatoms. The van der Waals surface area contributed by atoms with Crippen LogP contribution in [0.5, 0.6) is 0 Å². The van der Waals surface area contributed by atoms with Crippen LogP contribution in [0.1, 0.15) is 36.6 Å². The van der Waals surface area contributed by atoms with Crippen molar-refractivity contribution in [3.8, 4) is 0 Å². The molecule has 4 nitrogen and oxygen atoms in total. The fraction of sp³-hybridized carbons (Fsp3) is 0.538. The van der Waals surface area contributed by atoms with Crippen LogP contribution in [-0.2, 0) is 26.4 Å². The highest BCUT2D eigenvalue weighted by Crippen LogP contribution is 2.21. The Balaban J connectivity index is 2.36. The van der Waals surface area contributed by atoms with E-state index < -0.39 is 0 Å². The van der Waals surface area contributed by atoms with Gasteiger partial charge < -0.3 is 0 Å². The highest BCUT2D eigenvalue weighted by Gasteiger charge is 2.14. The average molecular weight is 267 g/mol. The Morgan fingerprint density at radius 3 is 2.44 bits per heavy atom. The maximum absolute atomic E-state index is 6.28. The number of hydrogen-bond donors (Lipinski definition) is 0. The van der Waals surface area contributed by atoms with E-state index >= 15 is 0 Å². The molecule has 2 aromatic heterocycles. The SMILES string of the molecule is CCc1cc(CC)n(Cc2c(Cl)c(C)nn2C)n1. The molecule has 2 rings (SSSR count). The van der Waals surface area contributed by atoms with Crippen LogP contribution in [0.2, 0.25) is 5.02 Å². The summed E-state index contributed by atoms with van der Waals surface area (Å²) in [6.07, 6.45) is 1.93. The van der Waals surface area contributed by atoms with Gasteiger partial charge in [0.1, 0.15) is 0 Å². The minimum Gasteiger partial charge on any atom is -0.269 e. The minimum absolute atomic E-state index is 0.680. The van der Waals surface area contributed by atoms with E-state index in [1.54, 1.807) is 0 Å². The molecule has 0 fully saturated rings. The lowest BCUT2D eigenvalue weighted by Gasteiger charge is -2.06. The zero-order valence-corrected chi connectivity index (χ0v) is 12.1. The Morgan fingerprint density at radius 2 is 1.94 bits per heavy atom. The van der Waals surface area contributed by atoms with Gasteiger partial charge in [0.25, 0.3) is 0 Å². The molecule has 2 heterocycles. The molecule has 0 spiro atoms. The average Bonchev–Trinajstić information content (AvgIpc) is 2.86. The number of halogens is 1. The first-order chi connectivity index (χ1) is 8.56. The molecule has 0 saturated heterocycles. The van der Waals surface area contributed by atoms with Gasteiger partial charge >= 0.3 is 0 Å². The van der Waals surface area contributed by atoms with Crippen molar-refractivity contribution >= 4 is 11.6 Å². The molecule has 0 amide bonds. The van der Waals surface area contributed by atoms with Crippen molar-refractivity contribution in [2.75, 3.05) is 0 Å². The van der Waals surface area contributed by atoms with E-state index in [2.05, 4.69) is 30.1 Å². The molecule has 0 aliphatic carbocycles. The second kappa shape index (κ2) is 5.14. The summed E-state index contributed by atoms with van der Waals surface area (Å²) in [5.74, 6) is 0. The molecule has 0 bridgehead atoms. The van der Waals surface area contributed by atoms with Gasteiger partial charge in [0.15, 0.2) is 0 Å². The summed E-state index contributed by atoms with van der Waals surface area (Å²) in [5.41, 5.74) is 4.24. The van der Waals surface area contributed by atoms with Crippen molar-refractivity contribution in [3.63, 3.8) is 0 Å². The zero-order chi connectivity index (χ0) is 13.3. The van der Waals surface area contributed by atoms with Crippen LogP contribution >= 0.6 is 11.6 Å². The molecule has 2 aromatic rings. The summed E-state index contributed by atoms with van der Waals surface area (Å²) >= 11 is 6.28. The number of rotatable bonds is 4. The lowest BCUT2D eigenvalue weighted by atomic mass is 10.2. The Labute approximate surface area is 113 Å². The summed E-state index contributed by atoms with van der Waals surface area (Å²) in [5, 5.41) is 9.68. The molecule has 0 N–H and O–H groups in total. The first-order valence-corrected chi connectivity index (χ1v) is 6.68. The third-order valence-corrected chi connectivity index (χ3v) is 3.69. The Kier molecular flexibility index (Phi) is 3.76. The second-order valence-corrected chi connectivity index (χ2v) is 4.84. The summed E-state index contributed by atoms with van der Waals surface area (Å²) in [7, 11) is 1.92. The number of nitrogens with zero attached hydrogens (tertiary/aromatic N) is 4. The van der Waals surface area contributed by atoms with Crippen molar-refractivity contribution in [3.05, 3.63) is 33.9 Å². The highest BCUT2D eigenvalue weighted by atomic mass is 35.5. The summed E-state index contributed by atoms with van der Waals surface area (Å²) in [6.45, 7) is 6.86. The van der Waals surface area contributed by atoms with Crippen molar-refractivity contribution in [2.24, 2.45) is 7.05 Å². The van der Waals surface area contributed by atoms with Crippen molar-refractivity contribution in [1.29, 1.82) is 0 Å². The third kappa shape index (κ3) is 2.29. The fourth-order valence-electron chi connectivity index (χ4n) is 2.10. The second-order valence-electron chi connectivity index (χ2n) is 4.46. The highest BCUT2D eigenvalue weighted by molar-refractivity contribution is 6.31. The third-order valence-electron chi connectivity index (χ3n) is 3.20. The molecule has 0 atom stereocenters. The number of hydrogen-bond acceptors (Lipinski definition) is 2. The molecule has 0 radical (unpaired) electrons. The van der Waals surface area contributed by atoms with E-state index in [-0.39, 0.29) is 0 Å². The molecule has 0 aromatic carbocycles. The van der Waals surface area contributed by atoms with E-state index in [9.17, 15) is 0 Å². The Morgan fingerprint density at radius 1 is 1.22 bits per heavy atom. The van der Waals surface area contributed by atoms with E-state index in [1.807, 2.05) is 23.3 Å². The van der Waals surface area contributed by atoms with Gasteiger partial charge in [-0.15, -0.1) is 0 Å². The van der Waals surface area contributed by atoms with E-state index in [0.29, 0.717) is 6.54 Å². The molecule has 0 unspecified atom stereocenters. The van der Waals surface area contributed by atoms with Crippen molar-refractivity contribution < 1.29 is 0 Å². The molecule has 0 saturated carbocycles. The standard InChI is InChI=1S/C13H19ClN4/c1-5-10-7-11(6-2)18(16-10)8-12-13(14)9(3)15-17(12)4/h7H,5-6,8H2,1-4H3. The molecular weight excluding hydrogens is 248 g/mol. The topological polar surface area (TPSA) is 35.6 Å². The lowest BCUT2D eigenvalue weighted by Crippen LogP contribution is -2.10. The first kappa shape index (κ1) is 13.1. The normalized spacial score (nSPS) is 11.2. The van der Waals surface area contributed by atoms with Crippen molar-refractivity contribution in [2.45, 2.75) is 40.2 Å². The van der Waals surface area contributed by atoms with Crippen LogP contribution in [0, 0.1) is 6.92 Å². The minimum atomic E-state index is 0.680. The van der Waals surface area contributed by atoms with Gasteiger partial charge in [0, 0.05) is 12.7 Å². The summed E-state index contributed by atoms with van der Waals surface area (Å²) < 4.78 is 3.87. The molecular formula is C13H19ClN4. The van der Waals surface area contributed by atoms with Gasteiger partial charge in [-0.2, -0.15) is 10.2 Å². The number of aryl methyl sites for hydroxylation is 4. The monoisotopic (exact) mass is 266 g/mol. The van der Waals surface area contributed by atoms with Gasteiger partial charge in [-0.05, 0) is 25.8 Å². The zero-order valence-electron chi connectivity index (χ0n) is 11.4. The Hall–Kier alpha value is -1.29. The van der Waals surface area contributed by atoms with Crippen LogP contribution in [-0.4, -0.2) is 19.6 Å². The summed E-state index contributed by atoms with van der Waals surface area (Å²) in [4.78, 5) is 0. The fourth-order valence-corrected chi connectivity index (χ4v) is 2.32. The Bertz CT molecular complexity index is 554. The van der Waals surface area contributed by atoms with Crippen LogP contribution in [0.15, 0.2) is 6.07 Å². The molecule has 98 valence electrons. The van der Waals surface area contributed by atoms with E-state index in [1.165, 1.54) is 5.69 Å². The van der Waals surface area contributed by atoms with Crippen LogP contribution in [0.25, 0.3) is 0 Å². The summed E-state index contributed by atoms with van der Waals surface area (Å²) in [6, 6.07) is 2.16. The van der Waals surface area contributed by atoms with Gasteiger partial charge in [-0.3, -0.25) is 9.36 Å². The predicted octanol–water partition coefficient (Wildman–Crippen LogP) is 2.75. The quantitative estimate of drug-likeness (QED) is 0.853. The molecule has 0 aliphatic heterocycles. The first-order valence-electron chi connectivity index (χ1n) is 6.30. The van der Waals surface area contributed by atoms with Crippen molar-refractivity contribution in [1.82, 2.24) is 19.6 Å². The smallest absolute Gasteiger partial charge is 0.0866 e. The maximum atomic E-state index is 6.28. The lowest BCUT2D eigenvalue weighted by molar-refractivity contribution is 0.593. The van der Waals surface area contributed by atoms with Crippen LogP contribution in [0.3, 0.4) is 0 Å². The molecule has 0 aliphatic rings. The van der Waals surface area contributed by atoms with Gasteiger partial charge in [-0.1, -0.05) is 25.4 Å².